The maximum absolute atomic E-state index is 10.3. The van der Waals surface area contributed by atoms with Gasteiger partial charge in [0.2, 0.25) is 0 Å². The molecule has 2 radical (unpaired) electrons. The minimum absolute atomic E-state index is 0. The summed E-state index contributed by atoms with van der Waals surface area (Å²) < 4.78 is 0. The van der Waals surface area contributed by atoms with Crippen LogP contribution in [0.2, 0.25) is 0 Å². The molecule has 0 N–H and O–H groups in total. The van der Waals surface area contributed by atoms with Crippen molar-refractivity contribution in [2.24, 2.45) is 0 Å². The van der Waals surface area contributed by atoms with Crippen LogP contribution < -0.4 is 15.3 Å². The fourth-order valence-electron chi connectivity index (χ4n) is 2.74. The Balaban J connectivity index is 0. The molecule has 4 nitrogen and oxygen atoms in total. The zero-order valence-corrected chi connectivity index (χ0v) is 19.3. The number of hydrogen-bond donors (Lipinski definition) is 0. The molecule has 0 unspecified atom stereocenters. The van der Waals surface area contributed by atoms with Crippen LogP contribution in [0.5, 0.6) is 11.5 Å². The summed E-state index contributed by atoms with van der Waals surface area (Å²) in [5.41, 5.74) is 0. The van der Waals surface area contributed by atoms with Crippen molar-refractivity contribution in [2.75, 3.05) is 0 Å². The summed E-state index contributed by atoms with van der Waals surface area (Å²) in [6.45, 7) is 2.26. The van der Waals surface area contributed by atoms with Gasteiger partial charge in [0.05, 0.1) is 0 Å². The summed E-state index contributed by atoms with van der Waals surface area (Å²) in [5.74, 6) is -1.78. The number of benzene rings is 1. The standard InChI is InChI=1S/C16H32O2.C6H6O2.Sb/c1-2-3-4-5-6-7-8-9-10-11-12-13-14-15-16(17)18;7-5-3-1-2-4-6(5)8;/h2-15H2,1H3,(H,17,18);1-4,7-8H;/q;;+3/p-3. The quantitative estimate of drug-likeness (QED) is 0.297. The smallest absolute Gasteiger partial charge is 0.873 e. The van der Waals surface area contributed by atoms with Crippen molar-refractivity contribution in [2.45, 2.75) is 96.8 Å². The molecule has 0 saturated carbocycles. The SMILES string of the molecule is CCCCCCCCCCCCCCCC(=O)[O-].[O-]c1ccccc1[O-].[Sb+3]. The van der Waals surface area contributed by atoms with Crippen LogP contribution in [0.4, 0.5) is 0 Å². The molecule has 1 aromatic carbocycles. The first-order chi connectivity index (χ1) is 12.6. The van der Waals surface area contributed by atoms with Crippen LogP contribution >= 0.6 is 0 Å². The topological polar surface area (TPSA) is 86.2 Å². The fourth-order valence-corrected chi connectivity index (χ4v) is 2.74. The molecule has 0 aliphatic heterocycles. The second kappa shape index (κ2) is 21.4. The second-order valence-corrected chi connectivity index (χ2v) is 6.81. The molecule has 0 atom stereocenters. The maximum atomic E-state index is 10.3. The minimum atomic E-state index is -0.905. The Morgan fingerprint density at radius 2 is 1.04 bits per heavy atom. The first-order valence-corrected chi connectivity index (χ1v) is 10.2. The molecular formula is C22H35O4Sb. The van der Waals surface area contributed by atoms with Crippen LogP contribution in [-0.4, -0.2) is 30.4 Å². The first-order valence-electron chi connectivity index (χ1n) is 10.2. The van der Waals surface area contributed by atoms with Gasteiger partial charge in [-0.15, -0.1) is 11.5 Å². The Morgan fingerprint density at radius 1 is 0.704 bits per heavy atom. The zero-order valence-electron chi connectivity index (χ0n) is 16.8. The van der Waals surface area contributed by atoms with Gasteiger partial charge in [-0.2, -0.15) is 0 Å². The molecule has 0 aromatic heterocycles. The maximum Gasteiger partial charge on any atom is 3.00 e. The van der Waals surface area contributed by atoms with E-state index >= 15 is 0 Å². The molecule has 0 aliphatic rings. The van der Waals surface area contributed by atoms with E-state index in [1.165, 1.54) is 82.8 Å². The Hall–Kier alpha value is -0.892. The summed E-state index contributed by atoms with van der Waals surface area (Å²) >= 11 is 0. The summed E-state index contributed by atoms with van der Waals surface area (Å²) in [6, 6.07) is 5.60. The van der Waals surface area contributed by atoms with Crippen molar-refractivity contribution in [3.8, 4) is 11.5 Å². The molecule has 0 amide bonds. The molecule has 0 saturated heterocycles. The van der Waals surface area contributed by atoms with Crippen molar-refractivity contribution in [1.29, 1.82) is 0 Å². The van der Waals surface area contributed by atoms with Gasteiger partial charge in [0.25, 0.3) is 0 Å². The number of carbonyl (C=O) groups excluding carboxylic acids is 1. The molecule has 0 fully saturated rings. The van der Waals surface area contributed by atoms with E-state index in [-0.39, 0.29) is 30.8 Å². The van der Waals surface area contributed by atoms with Gasteiger partial charge in [-0.3, -0.25) is 0 Å². The predicted octanol–water partition coefficient (Wildman–Crippen LogP) is 3.67. The summed E-state index contributed by atoms with van der Waals surface area (Å²) in [7, 11) is 0. The van der Waals surface area contributed by atoms with Crippen LogP contribution in [0.15, 0.2) is 24.3 Å². The second-order valence-electron chi connectivity index (χ2n) is 6.81. The normalized spacial score (nSPS) is 9.81. The van der Waals surface area contributed by atoms with Crippen LogP contribution in [0.1, 0.15) is 96.8 Å². The third kappa shape index (κ3) is 21.3. The number of carboxylic acid groups (broad SMARTS) is 1. The van der Waals surface area contributed by atoms with E-state index in [0.717, 1.165) is 12.8 Å². The van der Waals surface area contributed by atoms with E-state index in [4.69, 9.17) is 0 Å². The fraction of sp³-hybridized carbons (Fsp3) is 0.682. The largest absolute Gasteiger partial charge is 3.00 e. The zero-order chi connectivity index (χ0) is 19.5. The molecule has 0 bridgehead atoms. The van der Waals surface area contributed by atoms with E-state index in [2.05, 4.69) is 6.92 Å². The van der Waals surface area contributed by atoms with Crippen molar-refractivity contribution in [1.82, 2.24) is 0 Å². The number of para-hydroxylation sites is 2. The molecular weight excluding hydrogens is 450 g/mol. The molecule has 0 aliphatic carbocycles. The first kappa shape index (κ1) is 28.3. The number of rotatable bonds is 14. The van der Waals surface area contributed by atoms with E-state index in [9.17, 15) is 20.1 Å². The van der Waals surface area contributed by atoms with Crippen molar-refractivity contribution in [3.63, 3.8) is 0 Å². The van der Waals surface area contributed by atoms with Crippen molar-refractivity contribution >= 4 is 30.4 Å². The van der Waals surface area contributed by atoms with Gasteiger partial charge in [0.15, 0.2) is 0 Å². The Bertz CT molecular complexity index is 431. The van der Waals surface area contributed by atoms with Crippen LogP contribution in [0.3, 0.4) is 0 Å². The van der Waals surface area contributed by atoms with Gasteiger partial charge in [0.1, 0.15) is 0 Å². The summed E-state index contributed by atoms with van der Waals surface area (Å²) in [6.07, 6.45) is 16.9. The monoisotopic (exact) mass is 484 g/mol. The van der Waals surface area contributed by atoms with Gasteiger partial charge >= 0.3 is 24.4 Å². The number of unbranched alkanes of at least 4 members (excludes halogenated alkanes) is 12. The Kier molecular flexibility index (Phi) is 22.5. The van der Waals surface area contributed by atoms with Crippen LogP contribution in [0, 0.1) is 0 Å². The molecule has 152 valence electrons. The number of carboxylic acids is 1. The average Bonchev–Trinajstić information content (AvgIpc) is 2.62. The van der Waals surface area contributed by atoms with Gasteiger partial charge in [-0.05, 0) is 12.8 Å². The Labute approximate surface area is 182 Å². The van der Waals surface area contributed by atoms with E-state index < -0.39 is 17.5 Å². The molecule has 1 rings (SSSR count). The summed E-state index contributed by atoms with van der Waals surface area (Å²) in [5, 5.41) is 30.8. The third-order valence-electron chi connectivity index (χ3n) is 4.33. The third-order valence-corrected chi connectivity index (χ3v) is 4.33. The average molecular weight is 485 g/mol. The summed E-state index contributed by atoms with van der Waals surface area (Å²) in [4.78, 5) is 10.2. The minimum Gasteiger partial charge on any atom is -0.873 e. The van der Waals surface area contributed by atoms with E-state index in [1.807, 2.05) is 0 Å². The van der Waals surface area contributed by atoms with Crippen LogP contribution in [-0.2, 0) is 4.79 Å². The predicted molar refractivity (Wildman–Crippen MR) is 106 cm³/mol. The Morgan fingerprint density at radius 3 is 1.33 bits per heavy atom. The van der Waals surface area contributed by atoms with Gasteiger partial charge in [0, 0.05) is 5.97 Å². The van der Waals surface area contributed by atoms with E-state index in [1.54, 1.807) is 12.1 Å². The van der Waals surface area contributed by atoms with E-state index in [0.29, 0.717) is 0 Å². The van der Waals surface area contributed by atoms with Gasteiger partial charge in [-0.25, -0.2) is 0 Å². The molecule has 1 aromatic rings. The number of hydrogen-bond acceptors (Lipinski definition) is 4. The molecule has 5 heteroatoms. The van der Waals surface area contributed by atoms with Gasteiger partial charge < -0.3 is 20.1 Å². The molecule has 27 heavy (non-hydrogen) atoms. The van der Waals surface area contributed by atoms with Crippen molar-refractivity contribution < 1.29 is 20.1 Å². The van der Waals surface area contributed by atoms with Gasteiger partial charge in [-0.1, -0.05) is 108 Å². The van der Waals surface area contributed by atoms with Crippen molar-refractivity contribution in [3.05, 3.63) is 24.3 Å². The number of aliphatic carboxylic acids is 1. The van der Waals surface area contributed by atoms with Crippen LogP contribution in [0.25, 0.3) is 0 Å². The number of carbonyl (C=O) groups is 1. The molecule has 0 spiro atoms. The molecule has 0 heterocycles.